The van der Waals surface area contributed by atoms with E-state index >= 15 is 0 Å². The molecule has 0 aromatic carbocycles. The molecule has 5 nitrogen and oxygen atoms in total. The molecule has 18 heavy (non-hydrogen) atoms. The lowest BCUT2D eigenvalue weighted by atomic mass is 10.0. The molecule has 1 aliphatic heterocycles. The first kappa shape index (κ1) is 11.6. The third-order valence-electron chi connectivity index (χ3n) is 3.56. The van der Waals surface area contributed by atoms with Crippen LogP contribution in [0.3, 0.4) is 0 Å². The van der Waals surface area contributed by atoms with Crippen molar-refractivity contribution in [3.63, 3.8) is 0 Å². The molecule has 1 saturated heterocycles. The van der Waals surface area contributed by atoms with Crippen LogP contribution in [0.15, 0.2) is 24.8 Å². The van der Waals surface area contributed by atoms with Crippen LogP contribution in [-0.4, -0.2) is 34.4 Å². The highest BCUT2D eigenvalue weighted by molar-refractivity contribution is 5.74. The van der Waals surface area contributed by atoms with Crippen molar-refractivity contribution in [2.45, 2.75) is 25.7 Å². The molecule has 3 atom stereocenters. The Bertz CT molecular complexity index is 540. The Morgan fingerprint density at radius 1 is 1.56 bits per heavy atom. The summed E-state index contributed by atoms with van der Waals surface area (Å²) in [6.07, 6.45) is 6.62. The number of hydrogen-bond acceptors (Lipinski definition) is 4. The molecule has 1 fully saturated rings. The molecular weight excluding hydrogens is 230 g/mol. The van der Waals surface area contributed by atoms with Crippen molar-refractivity contribution in [1.82, 2.24) is 14.5 Å². The number of nitrogens with zero attached hydrogens (tertiary/aromatic N) is 3. The monoisotopic (exact) mass is 247 g/mol. The second kappa shape index (κ2) is 4.66. The van der Waals surface area contributed by atoms with E-state index in [9.17, 15) is 0 Å². The van der Waals surface area contributed by atoms with Gasteiger partial charge in [-0.3, -0.25) is 0 Å². The lowest BCUT2D eigenvalue weighted by Gasteiger charge is -2.15. The minimum atomic E-state index is 0.0487. The predicted molar refractivity (Wildman–Crippen MR) is 67.1 cm³/mol. The van der Waals surface area contributed by atoms with E-state index in [4.69, 9.17) is 9.47 Å². The Balaban J connectivity index is 1.88. The lowest BCUT2D eigenvalue weighted by Crippen LogP contribution is -2.20. The van der Waals surface area contributed by atoms with Gasteiger partial charge in [-0.2, -0.15) is 0 Å². The fourth-order valence-electron chi connectivity index (χ4n) is 2.54. The molecule has 5 heteroatoms. The number of rotatable bonds is 3. The van der Waals surface area contributed by atoms with E-state index in [1.807, 2.05) is 18.5 Å². The van der Waals surface area contributed by atoms with Crippen LogP contribution in [-0.2, 0) is 9.47 Å². The van der Waals surface area contributed by atoms with Crippen molar-refractivity contribution in [3.05, 3.63) is 24.8 Å². The molecule has 3 heterocycles. The summed E-state index contributed by atoms with van der Waals surface area (Å²) in [5.41, 5.74) is 0.931. The average Bonchev–Trinajstić information content (AvgIpc) is 2.94. The molecule has 96 valence electrons. The minimum Gasteiger partial charge on any atom is -0.382 e. The van der Waals surface area contributed by atoms with E-state index in [0.29, 0.717) is 12.5 Å². The maximum atomic E-state index is 6.04. The van der Waals surface area contributed by atoms with Crippen LogP contribution in [0.25, 0.3) is 11.0 Å². The highest BCUT2D eigenvalue weighted by Gasteiger charge is 2.33. The first-order chi connectivity index (χ1) is 8.79. The molecule has 0 aliphatic carbocycles. The third kappa shape index (κ3) is 1.89. The fourth-order valence-corrected chi connectivity index (χ4v) is 2.54. The van der Waals surface area contributed by atoms with Crippen molar-refractivity contribution in [3.8, 4) is 0 Å². The molecule has 0 unspecified atom stereocenters. The van der Waals surface area contributed by atoms with Crippen molar-refractivity contribution >= 4 is 11.0 Å². The summed E-state index contributed by atoms with van der Waals surface area (Å²) in [6, 6.07) is 2.02. The zero-order valence-corrected chi connectivity index (χ0v) is 10.6. The Hall–Kier alpha value is -1.46. The van der Waals surface area contributed by atoms with Gasteiger partial charge in [-0.05, 0) is 18.4 Å². The Morgan fingerprint density at radius 3 is 3.28 bits per heavy atom. The van der Waals surface area contributed by atoms with Gasteiger partial charge in [-0.25, -0.2) is 9.97 Å². The summed E-state index contributed by atoms with van der Waals surface area (Å²) in [7, 11) is 1.71. The van der Waals surface area contributed by atoms with Gasteiger partial charge in [0.2, 0.25) is 0 Å². The molecule has 1 aliphatic rings. The Labute approximate surface area is 106 Å². The van der Waals surface area contributed by atoms with Crippen molar-refractivity contribution in [2.75, 3.05) is 13.7 Å². The molecule has 0 spiro atoms. The van der Waals surface area contributed by atoms with Gasteiger partial charge in [-0.1, -0.05) is 6.92 Å². The van der Waals surface area contributed by atoms with Gasteiger partial charge >= 0.3 is 0 Å². The summed E-state index contributed by atoms with van der Waals surface area (Å²) >= 11 is 0. The molecule has 2 aromatic heterocycles. The standard InChI is InChI=1S/C13H17N3O2/c1-9-5-12(18-11(9)7-17-2)16-4-3-10-6-14-8-15-13(10)16/h3-4,6,8-9,11-12H,5,7H2,1-2H3/t9-,11-,12-/m1/s1. The highest BCUT2D eigenvalue weighted by Crippen LogP contribution is 2.34. The molecule has 3 rings (SSSR count). The maximum absolute atomic E-state index is 6.04. The van der Waals surface area contributed by atoms with E-state index in [1.165, 1.54) is 0 Å². The van der Waals surface area contributed by atoms with Gasteiger partial charge in [0.25, 0.3) is 0 Å². The normalized spacial score (nSPS) is 28.0. The summed E-state index contributed by atoms with van der Waals surface area (Å²) in [5, 5.41) is 1.05. The number of methoxy groups -OCH3 is 1. The molecule has 0 N–H and O–H groups in total. The molecule has 0 saturated carbocycles. The van der Waals surface area contributed by atoms with Crippen LogP contribution >= 0.6 is 0 Å². The maximum Gasteiger partial charge on any atom is 0.145 e. The van der Waals surface area contributed by atoms with Crippen LogP contribution in [0, 0.1) is 5.92 Å². The SMILES string of the molecule is COC[C@H]1O[C@@H](n2ccc3cncnc32)C[C@H]1C. The van der Waals surface area contributed by atoms with Crippen LogP contribution < -0.4 is 0 Å². The van der Waals surface area contributed by atoms with Crippen LogP contribution in [0.5, 0.6) is 0 Å². The van der Waals surface area contributed by atoms with E-state index in [2.05, 4.69) is 21.5 Å². The van der Waals surface area contributed by atoms with Crippen molar-refractivity contribution in [2.24, 2.45) is 5.92 Å². The molecule has 2 aromatic rings. The fraction of sp³-hybridized carbons (Fsp3) is 0.538. The van der Waals surface area contributed by atoms with Crippen LogP contribution in [0.1, 0.15) is 19.6 Å². The van der Waals surface area contributed by atoms with Crippen molar-refractivity contribution < 1.29 is 9.47 Å². The van der Waals surface area contributed by atoms with E-state index in [1.54, 1.807) is 13.4 Å². The summed E-state index contributed by atoms with van der Waals surface area (Å²) in [5.74, 6) is 0.495. The van der Waals surface area contributed by atoms with Gasteiger partial charge in [0.05, 0.1) is 12.7 Å². The first-order valence-electron chi connectivity index (χ1n) is 6.20. The molecule has 0 radical (unpaired) electrons. The van der Waals surface area contributed by atoms with Crippen LogP contribution in [0.4, 0.5) is 0 Å². The lowest BCUT2D eigenvalue weighted by molar-refractivity contribution is -0.0370. The summed E-state index contributed by atoms with van der Waals surface area (Å²) in [6.45, 7) is 2.84. The predicted octanol–water partition coefficient (Wildman–Crippen LogP) is 2.00. The molecule has 0 bridgehead atoms. The van der Waals surface area contributed by atoms with Gasteiger partial charge in [-0.15, -0.1) is 0 Å². The average molecular weight is 247 g/mol. The van der Waals surface area contributed by atoms with Gasteiger partial charge in [0.1, 0.15) is 18.2 Å². The first-order valence-corrected chi connectivity index (χ1v) is 6.20. The number of hydrogen-bond donors (Lipinski definition) is 0. The van der Waals surface area contributed by atoms with Gasteiger partial charge in [0.15, 0.2) is 0 Å². The molecular formula is C13H17N3O2. The second-order valence-electron chi connectivity index (χ2n) is 4.82. The topological polar surface area (TPSA) is 49.2 Å². The number of aromatic nitrogens is 3. The number of ether oxygens (including phenoxy) is 2. The zero-order valence-electron chi connectivity index (χ0n) is 10.6. The quantitative estimate of drug-likeness (QED) is 0.832. The summed E-state index contributed by atoms with van der Waals surface area (Å²) < 4.78 is 13.3. The largest absolute Gasteiger partial charge is 0.382 e. The smallest absolute Gasteiger partial charge is 0.145 e. The van der Waals surface area contributed by atoms with Gasteiger partial charge < -0.3 is 14.0 Å². The zero-order chi connectivity index (χ0) is 12.5. The minimum absolute atomic E-state index is 0.0487. The highest BCUT2D eigenvalue weighted by atomic mass is 16.5. The Kier molecular flexibility index (Phi) is 3.01. The summed E-state index contributed by atoms with van der Waals surface area (Å²) in [4.78, 5) is 8.35. The van der Waals surface area contributed by atoms with Crippen LogP contribution in [0.2, 0.25) is 0 Å². The van der Waals surface area contributed by atoms with E-state index < -0.39 is 0 Å². The number of fused-ring (bicyclic) bond motifs is 1. The van der Waals surface area contributed by atoms with E-state index in [0.717, 1.165) is 17.5 Å². The van der Waals surface area contributed by atoms with E-state index in [-0.39, 0.29) is 12.3 Å². The van der Waals surface area contributed by atoms with Crippen molar-refractivity contribution in [1.29, 1.82) is 0 Å². The van der Waals surface area contributed by atoms with Gasteiger partial charge in [0, 0.05) is 24.9 Å². The molecule has 0 amide bonds. The second-order valence-corrected chi connectivity index (χ2v) is 4.82. The third-order valence-corrected chi connectivity index (χ3v) is 3.56. The Morgan fingerprint density at radius 2 is 2.44 bits per heavy atom.